The monoisotopic (exact) mass is 192 g/mol. The Bertz CT molecular complexity index is 373. The highest BCUT2D eigenvalue weighted by atomic mass is 16.3. The van der Waals surface area contributed by atoms with Gasteiger partial charge in [-0.1, -0.05) is 0 Å². The number of carbonyl (C=O) groups is 1. The zero-order valence-electron chi connectivity index (χ0n) is 7.16. The molecule has 1 heterocycles. The van der Waals surface area contributed by atoms with Gasteiger partial charge in [0.15, 0.2) is 6.10 Å². The molecule has 2 N–H and O–H groups in total. The minimum atomic E-state index is -1.54. The third-order valence-corrected chi connectivity index (χ3v) is 1.68. The highest BCUT2D eigenvalue weighted by molar-refractivity contribution is 5.74. The van der Waals surface area contributed by atoms with Crippen molar-refractivity contribution in [2.75, 3.05) is 0 Å². The number of carbonyl (C=O) groups excluding carboxylic acids is 1. The molecule has 0 spiro atoms. The van der Waals surface area contributed by atoms with E-state index in [1.807, 2.05) is 0 Å². The van der Waals surface area contributed by atoms with Crippen molar-refractivity contribution in [1.29, 1.82) is 5.26 Å². The van der Waals surface area contributed by atoms with Gasteiger partial charge in [-0.05, 0) is 12.1 Å². The van der Waals surface area contributed by atoms with Crippen LogP contribution < -0.4 is 0 Å². The predicted octanol–water partition coefficient (Wildman–Crippen LogP) is -0.188. The predicted molar refractivity (Wildman–Crippen MR) is 46.2 cm³/mol. The Morgan fingerprint density at radius 3 is 2.86 bits per heavy atom. The Morgan fingerprint density at radius 1 is 1.57 bits per heavy atom. The fourth-order valence-corrected chi connectivity index (χ4v) is 0.933. The van der Waals surface area contributed by atoms with Crippen LogP contribution in [0.1, 0.15) is 22.2 Å². The van der Waals surface area contributed by atoms with Crippen molar-refractivity contribution < 1.29 is 15.0 Å². The second-order valence-electron chi connectivity index (χ2n) is 2.65. The summed E-state index contributed by atoms with van der Waals surface area (Å²) < 4.78 is 0. The van der Waals surface area contributed by atoms with Gasteiger partial charge in [0.25, 0.3) is 0 Å². The van der Waals surface area contributed by atoms with Crippen LogP contribution in [0.15, 0.2) is 18.3 Å². The molecule has 0 saturated carbocycles. The molecule has 0 saturated heterocycles. The molecule has 0 aliphatic rings. The van der Waals surface area contributed by atoms with Crippen molar-refractivity contribution in [3.63, 3.8) is 0 Å². The number of aldehydes is 1. The SMILES string of the molecule is N#CC(O)C(O)c1cc(C=O)ccn1. The summed E-state index contributed by atoms with van der Waals surface area (Å²) in [4.78, 5) is 14.1. The summed E-state index contributed by atoms with van der Waals surface area (Å²) in [6.07, 6.45) is -1.01. The van der Waals surface area contributed by atoms with Crippen LogP contribution >= 0.6 is 0 Å². The lowest BCUT2D eigenvalue weighted by Gasteiger charge is -2.10. The molecule has 2 atom stereocenters. The number of aliphatic hydroxyl groups is 2. The molecule has 14 heavy (non-hydrogen) atoms. The maximum atomic E-state index is 10.4. The topological polar surface area (TPSA) is 94.2 Å². The van der Waals surface area contributed by atoms with Gasteiger partial charge in [-0.25, -0.2) is 0 Å². The molecular weight excluding hydrogens is 184 g/mol. The second-order valence-corrected chi connectivity index (χ2v) is 2.65. The number of nitriles is 1. The van der Waals surface area contributed by atoms with Crippen molar-refractivity contribution >= 4 is 6.29 Å². The molecule has 0 amide bonds. The van der Waals surface area contributed by atoms with Gasteiger partial charge in [0, 0.05) is 11.8 Å². The molecule has 2 unspecified atom stereocenters. The van der Waals surface area contributed by atoms with E-state index >= 15 is 0 Å². The van der Waals surface area contributed by atoms with Crippen molar-refractivity contribution in [2.45, 2.75) is 12.2 Å². The van der Waals surface area contributed by atoms with E-state index in [4.69, 9.17) is 10.4 Å². The fraction of sp³-hybridized carbons (Fsp3) is 0.222. The maximum absolute atomic E-state index is 10.4. The first kappa shape index (κ1) is 10.3. The van der Waals surface area contributed by atoms with Gasteiger partial charge in [-0.2, -0.15) is 5.26 Å². The van der Waals surface area contributed by atoms with Crippen molar-refractivity contribution in [1.82, 2.24) is 4.98 Å². The van der Waals surface area contributed by atoms with Crippen LogP contribution in [-0.4, -0.2) is 27.6 Å². The van der Waals surface area contributed by atoms with E-state index in [0.29, 0.717) is 11.8 Å². The van der Waals surface area contributed by atoms with Gasteiger partial charge in [-0.3, -0.25) is 9.78 Å². The van der Waals surface area contributed by atoms with Gasteiger partial charge in [0.1, 0.15) is 12.4 Å². The summed E-state index contributed by atoms with van der Waals surface area (Å²) >= 11 is 0. The second kappa shape index (κ2) is 4.46. The molecule has 0 fully saturated rings. The van der Waals surface area contributed by atoms with E-state index in [2.05, 4.69) is 4.98 Å². The third kappa shape index (κ3) is 2.13. The number of aromatic nitrogens is 1. The number of hydrogen-bond donors (Lipinski definition) is 2. The lowest BCUT2D eigenvalue weighted by Crippen LogP contribution is -2.17. The van der Waals surface area contributed by atoms with Crippen molar-refractivity contribution in [2.24, 2.45) is 0 Å². The molecule has 1 aromatic rings. The molecular formula is C9H8N2O3. The zero-order valence-corrected chi connectivity index (χ0v) is 7.16. The summed E-state index contributed by atoms with van der Waals surface area (Å²) in [5, 5.41) is 26.7. The van der Waals surface area contributed by atoms with Crippen molar-refractivity contribution in [3.05, 3.63) is 29.6 Å². The van der Waals surface area contributed by atoms with Crippen LogP contribution in [0.4, 0.5) is 0 Å². The number of aliphatic hydroxyl groups excluding tert-OH is 2. The van der Waals surface area contributed by atoms with Crippen LogP contribution in [-0.2, 0) is 0 Å². The average Bonchev–Trinajstić information content (AvgIpc) is 2.27. The number of nitrogens with zero attached hydrogens (tertiary/aromatic N) is 2. The van der Waals surface area contributed by atoms with Crippen LogP contribution in [0.3, 0.4) is 0 Å². The Kier molecular flexibility index (Phi) is 3.29. The lowest BCUT2D eigenvalue weighted by molar-refractivity contribution is 0.0498. The van der Waals surface area contributed by atoms with Gasteiger partial charge >= 0.3 is 0 Å². The highest BCUT2D eigenvalue weighted by Crippen LogP contribution is 2.14. The van der Waals surface area contributed by atoms with Gasteiger partial charge in [0.2, 0.25) is 0 Å². The Balaban J connectivity index is 2.96. The molecule has 1 rings (SSSR count). The summed E-state index contributed by atoms with van der Waals surface area (Å²) in [5.41, 5.74) is 0.433. The first-order valence-electron chi connectivity index (χ1n) is 3.86. The minimum Gasteiger partial charge on any atom is -0.383 e. The van der Waals surface area contributed by atoms with E-state index in [1.165, 1.54) is 24.4 Å². The van der Waals surface area contributed by atoms with Crippen LogP contribution in [0, 0.1) is 11.3 Å². The van der Waals surface area contributed by atoms with E-state index in [-0.39, 0.29) is 5.69 Å². The van der Waals surface area contributed by atoms with Crippen molar-refractivity contribution in [3.8, 4) is 6.07 Å². The maximum Gasteiger partial charge on any atom is 0.171 e. The molecule has 72 valence electrons. The van der Waals surface area contributed by atoms with Gasteiger partial charge < -0.3 is 10.2 Å². The molecule has 5 heteroatoms. The van der Waals surface area contributed by atoms with Gasteiger partial charge in [0.05, 0.1) is 11.8 Å². The standard InChI is InChI=1S/C9H8N2O3/c10-4-8(13)9(14)7-3-6(5-12)1-2-11-7/h1-3,5,8-9,13-14H. The Hall–Kier alpha value is -1.77. The molecule has 0 bridgehead atoms. The molecule has 0 radical (unpaired) electrons. The van der Waals surface area contributed by atoms with Gasteiger partial charge in [-0.15, -0.1) is 0 Å². The van der Waals surface area contributed by atoms with E-state index in [0.717, 1.165) is 0 Å². The highest BCUT2D eigenvalue weighted by Gasteiger charge is 2.18. The summed E-state index contributed by atoms with van der Waals surface area (Å²) in [6, 6.07) is 4.26. The van der Waals surface area contributed by atoms with E-state index < -0.39 is 12.2 Å². The summed E-state index contributed by atoms with van der Waals surface area (Å²) in [5.74, 6) is 0. The molecule has 5 nitrogen and oxygen atoms in total. The molecule has 0 aromatic carbocycles. The zero-order chi connectivity index (χ0) is 10.6. The fourth-order valence-electron chi connectivity index (χ4n) is 0.933. The largest absolute Gasteiger partial charge is 0.383 e. The Labute approximate surface area is 80.3 Å². The van der Waals surface area contributed by atoms with E-state index in [1.54, 1.807) is 0 Å². The van der Waals surface area contributed by atoms with Crippen LogP contribution in [0.5, 0.6) is 0 Å². The first-order chi connectivity index (χ1) is 6.69. The molecule has 0 aliphatic heterocycles. The lowest BCUT2D eigenvalue weighted by atomic mass is 10.1. The normalized spacial score (nSPS) is 14.1. The third-order valence-electron chi connectivity index (χ3n) is 1.68. The average molecular weight is 192 g/mol. The van der Waals surface area contributed by atoms with E-state index in [9.17, 15) is 9.90 Å². The summed E-state index contributed by atoms with van der Waals surface area (Å²) in [6.45, 7) is 0. The molecule has 0 aliphatic carbocycles. The number of hydrogen-bond acceptors (Lipinski definition) is 5. The quantitative estimate of drug-likeness (QED) is 0.511. The minimum absolute atomic E-state index is 0.101. The molecule has 1 aromatic heterocycles. The van der Waals surface area contributed by atoms with Crippen LogP contribution in [0.25, 0.3) is 0 Å². The summed E-state index contributed by atoms with van der Waals surface area (Å²) in [7, 11) is 0. The number of pyridine rings is 1. The first-order valence-corrected chi connectivity index (χ1v) is 3.86. The smallest absolute Gasteiger partial charge is 0.171 e. The van der Waals surface area contributed by atoms with Crippen LogP contribution in [0.2, 0.25) is 0 Å². The Morgan fingerprint density at radius 2 is 2.29 bits per heavy atom. The number of rotatable bonds is 3.